The Hall–Kier alpha value is -2.14. The molecule has 5 heteroatoms. The number of rotatable bonds is 4. The minimum Gasteiger partial charge on any atom is -0.383 e. The van der Waals surface area contributed by atoms with E-state index >= 15 is 0 Å². The van der Waals surface area contributed by atoms with Gasteiger partial charge in [0.1, 0.15) is 11.3 Å². The average Bonchev–Trinajstić information content (AvgIpc) is 2.96. The minimum absolute atomic E-state index is 0.201. The van der Waals surface area contributed by atoms with E-state index in [0.29, 0.717) is 12.1 Å². The summed E-state index contributed by atoms with van der Waals surface area (Å²) in [6.45, 7) is 4.31. The van der Waals surface area contributed by atoms with Crippen LogP contribution < -0.4 is 5.32 Å². The van der Waals surface area contributed by atoms with Gasteiger partial charge in [-0.1, -0.05) is 38.1 Å². The van der Waals surface area contributed by atoms with Crippen LogP contribution in [0.2, 0.25) is 0 Å². The largest absolute Gasteiger partial charge is 0.383 e. The number of carbonyl (C=O) groups is 1. The van der Waals surface area contributed by atoms with E-state index in [0.717, 1.165) is 24.1 Å². The number of hydrogen-bond acceptors (Lipinski definition) is 3. The van der Waals surface area contributed by atoms with Gasteiger partial charge in [-0.25, -0.2) is 0 Å². The van der Waals surface area contributed by atoms with Gasteiger partial charge in [-0.15, -0.1) is 0 Å². The Kier molecular flexibility index (Phi) is 4.45. The third-order valence-corrected chi connectivity index (χ3v) is 4.82. The fourth-order valence-electron chi connectivity index (χ4n) is 3.38. The van der Waals surface area contributed by atoms with Gasteiger partial charge < -0.3 is 10.4 Å². The van der Waals surface area contributed by atoms with Crippen molar-refractivity contribution in [2.24, 2.45) is 7.05 Å². The topological polar surface area (TPSA) is 67.2 Å². The summed E-state index contributed by atoms with van der Waals surface area (Å²) in [5, 5.41) is 18.3. The van der Waals surface area contributed by atoms with Gasteiger partial charge in [-0.05, 0) is 42.4 Å². The highest BCUT2D eigenvalue weighted by Crippen LogP contribution is 2.34. The van der Waals surface area contributed by atoms with E-state index in [9.17, 15) is 9.90 Å². The molecule has 128 valence electrons. The van der Waals surface area contributed by atoms with E-state index in [4.69, 9.17) is 0 Å². The van der Waals surface area contributed by atoms with Gasteiger partial charge in [0, 0.05) is 7.05 Å². The molecule has 1 atom stereocenters. The van der Waals surface area contributed by atoms with Gasteiger partial charge in [-0.3, -0.25) is 9.48 Å². The molecule has 1 aromatic carbocycles. The smallest absolute Gasteiger partial charge is 0.269 e. The maximum Gasteiger partial charge on any atom is 0.269 e. The Labute approximate surface area is 142 Å². The van der Waals surface area contributed by atoms with Gasteiger partial charge in [-0.2, -0.15) is 5.10 Å². The van der Waals surface area contributed by atoms with Crippen molar-refractivity contribution in [1.82, 2.24) is 15.1 Å². The first-order chi connectivity index (χ1) is 11.4. The van der Waals surface area contributed by atoms with Crippen molar-refractivity contribution in [3.05, 3.63) is 52.8 Å². The lowest BCUT2D eigenvalue weighted by molar-refractivity contribution is 0.0188. The molecule has 0 saturated carbocycles. The first-order valence-electron chi connectivity index (χ1n) is 8.53. The molecule has 1 heterocycles. The minimum atomic E-state index is -0.996. The molecule has 0 bridgehead atoms. The van der Waals surface area contributed by atoms with Crippen molar-refractivity contribution in [2.45, 2.75) is 44.6 Å². The number of amides is 1. The summed E-state index contributed by atoms with van der Waals surface area (Å²) in [5.41, 5.74) is 2.52. The Morgan fingerprint density at radius 1 is 1.42 bits per heavy atom. The molecule has 24 heavy (non-hydrogen) atoms. The number of benzene rings is 1. The van der Waals surface area contributed by atoms with E-state index in [1.54, 1.807) is 11.7 Å². The fourth-order valence-corrected chi connectivity index (χ4v) is 3.38. The second-order valence-electron chi connectivity index (χ2n) is 6.96. The quantitative estimate of drug-likeness (QED) is 0.907. The van der Waals surface area contributed by atoms with E-state index in [1.807, 2.05) is 38.1 Å². The maximum atomic E-state index is 12.5. The molecule has 1 unspecified atom stereocenters. The Bertz CT molecular complexity index is 751. The van der Waals surface area contributed by atoms with Gasteiger partial charge in [0.2, 0.25) is 0 Å². The molecule has 0 aliphatic heterocycles. The predicted octanol–water partition coefficient (Wildman–Crippen LogP) is 2.50. The van der Waals surface area contributed by atoms with Gasteiger partial charge in [0.25, 0.3) is 5.91 Å². The number of hydrogen-bond donors (Lipinski definition) is 2. The lowest BCUT2D eigenvalue weighted by Gasteiger charge is -2.34. The van der Waals surface area contributed by atoms with Crippen LogP contribution in [0.25, 0.3) is 0 Å². The molecular weight excluding hydrogens is 302 g/mol. The monoisotopic (exact) mass is 327 g/mol. The lowest BCUT2D eigenvalue weighted by Crippen LogP contribution is -2.43. The highest BCUT2D eigenvalue weighted by atomic mass is 16.3. The Morgan fingerprint density at radius 3 is 2.88 bits per heavy atom. The molecule has 5 nitrogen and oxygen atoms in total. The highest BCUT2D eigenvalue weighted by molar-refractivity contribution is 5.92. The molecule has 1 aliphatic rings. The molecule has 1 aromatic heterocycles. The summed E-state index contributed by atoms with van der Waals surface area (Å²) in [4.78, 5) is 12.5. The molecular formula is C19H25N3O2. The summed E-state index contributed by atoms with van der Waals surface area (Å²) in [5.74, 6) is 0.0699. The maximum absolute atomic E-state index is 12.5. The summed E-state index contributed by atoms with van der Waals surface area (Å²) in [6.07, 6.45) is 2.56. The molecule has 3 rings (SSSR count). The van der Waals surface area contributed by atoms with E-state index in [-0.39, 0.29) is 18.4 Å². The first-order valence-corrected chi connectivity index (χ1v) is 8.53. The van der Waals surface area contributed by atoms with Crippen molar-refractivity contribution in [2.75, 3.05) is 6.54 Å². The number of aryl methyl sites for hydroxylation is 2. The average molecular weight is 327 g/mol. The zero-order valence-electron chi connectivity index (χ0n) is 14.5. The van der Waals surface area contributed by atoms with Crippen molar-refractivity contribution in [1.29, 1.82) is 0 Å². The zero-order valence-corrected chi connectivity index (χ0v) is 14.5. The van der Waals surface area contributed by atoms with Crippen LogP contribution in [0.15, 0.2) is 30.3 Å². The number of nitrogens with one attached hydrogen (secondary N) is 1. The van der Waals surface area contributed by atoms with Crippen LogP contribution in [0.3, 0.4) is 0 Å². The molecule has 1 amide bonds. The van der Waals surface area contributed by atoms with Crippen molar-refractivity contribution >= 4 is 5.91 Å². The van der Waals surface area contributed by atoms with Gasteiger partial charge in [0.05, 0.1) is 12.2 Å². The summed E-state index contributed by atoms with van der Waals surface area (Å²) in [7, 11) is 1.77. The van der Waals surface area contributed by atoms with Crippen molar-refractivity contribution in [3.8, 4) is 0 Å². The third-order valence-electron chi connectivity index (χ3n) is 4.82. The van der Waals surface area contributed by atoms with E-state index in [1.165, 1.54) is 5.56 Å². The normalized spacial score (nSPS) is 20.0. The van der Waals surface area contributed by atoms with Crippen molar-refractivity contribution in [3.63, 3.8) is 0 Å². The molecule has 0 radical (unpaired) electrons. The lowest BCUT2D eigenvalue weighted by atomic mass is 9.79. The number of nitrogens with zero attached hydrogens (tertiary/aromatic N) is 2. The molecule has 0 fully saturated rings. The van der Waals surface area contributed by atoms with Gasteiger partial charge in [0.15, 0.2) is 0 Å². The molecule has 2 N–H and O–H groups in total. The molecule has 0 spiro atoms. The number of aromatic nitrogens is 2. The molecule has 2 aromatic rings. The van der Waals surface area contributed by atoms with Crippen LogP contribution in [0.4, 0.5) is 0 Å². The number of fused-ring (bicyclic) bond motifs is 1. The van der Waals surface area contributed by atoms with Crippen LogP contribution >= 0.6 is 0 Å². The van der Waals surface area contributed by atoms with E-state index in [2.05, 4.69) is 16.5 Å². The Balaban J connectivity index is 1.75. The summed E-state index contributed by atoms with van der Waals surface area (Å²) < 4.78 is 1.60. The van der Waals surface area contributed by atoms with Crippen LogP contribution in [0.1, 0.15) is 59.9 Å². The molecule has 0 saturated heterocycles. The molecule has 1 aliphatic carbocycles. The standard InChI is InChI=1S/C19H25N3O2/c1-13(2)16-11-17(22(3)21-16)18(23)20-12-19(24)10-6-8-14-7-4-5-9-15(14)19/h4-5,7,9,11,13,24H,6,8,10,12H2,1-3H3,(H,20,23). The van der Waals surface area contributed by atoms with Crippen LogP contribution in [-0.4, -0.2) is 27.3 Å². The van der Waals surface area contributed by atoms with Crippen LogP contribution in [0, 0.1) is 0 Å². The van der Waals surface area contributed by atoms with Crippen LogP contribution in [-0.2, 0) is 19.1 Å². The van der Waals surface area contributed by atoms with Crippen LogP contribution in [0.5, 0.6) is 0 Å². The second-order valence-corrected chi connectivity index (χ2v) is 6.96. The number of aliphatic hydroxyl groups is 1. The summed E-state index contributed by atoms with van der Waals surface area (Å²) in [6, 6.07) is 9.76. The number of carbonyl (C=O) groups excluding carboxylic acids is 1. The Morgan fingerprint density at radius 2 is 2.17 bits per heavy atom. The highest BCUT2D eigenvalue weighted by Gasteiger charge is 2.34. The zero-order chi connectivity index (χ0) is 17.3. The van der Waals surface area contributed by atoms with Crippen molar-refractivity contribution < 1.29 is 9.90 Å². The van der Waals surface area contributed by atoms with Gasteiger partial charge >= 0.3 is 0 Å². The third kappa shape index (κ3) is 3.08. The second kappa shape index (κ2) is 6.40. The predicted molar refractivity (Wildman–Crippen MR) is 92.9 cm³/mol. The SMILES string of the molecule is CC(C)c1cc(C(=O)NCC2(O)CCCc3ccccc32)n(C)n1. The fraction of sp³-hybridized carbons (Fsp3) is 0.474. The summed E-state index contributed by atoms with van der Waals surface area (Å²) >= 11 is 0. The first kappa shape index (κ1) is 16.7. The van der Waals surface area contributed by atoms with E-state index < -0.39 is 5.60 Å².